The van der Waals surface area contributed by atoms with E-state index >= 15 is 0 Å². The van der Waals surface area contributed by atoms with E-state index in [9.17, 15) is 14.4 Å². The Morgan fingerprint density at radius 1 is 0.913 bits per heavy atom. The minimum absolute atomic E-state index is 0.0537. The first kappa shape index (κ1) is 29.9. The van der Waals surface area contributed by atoms with Gasteiger partial charge in [-0.05, 0) is 56.1 Å². The van der Waals surface area contributed by atoms with Crippen LogP contribution in [0, 0.1) is 23.2 Å². The number of carbonyl (C=O) groups is 3. The maximum atomic E-state index is 14.7. The molecule has 236 valence electrons. The lowest BCUT2D eigenvalue weighted by Crippen LogP contribution is -2.60. The number of benzene rings is 2. The van der Waals surface area contributed by atoms with E-state index in [1.165, 1.54) is 13.3 Å². The molecule has 0 radical (unpaired) electrons. The number of aromatic nitrogens is 2. The number of rotatable bonds is 8. The number of ether oxygens (including phenoxy) is 3. The lowest BCUT2D eigenvalue weighted by atomic mass is 9.50. The fraction of sp³-hybridized carbons (Fsp3) is 0.361. The fourth-order valence-corrected chi connectivity index (χ4v) is 7.65. The summed E-state index contributed by atoms with van der Waals surface area (Å²) in [4.78, 5) is 50.1. The SMILES string of the molecule is COc1ncc(OCc2ccccc2)c2c1CC1CC3C(N(C)C)c4onc(OCc5ccccc5)c4C(=O)C3(C)C(=O)C1C2=O. The van der Waals surface area contributed by atoms with Crippen LogP contribution in [0.1, 0.15) is 62.6 Å². The van der Waals surface area contributed by atoms with Crippen LogP contribution < -0.4 is 14.2 Å². The van der Waals surface area contributed by atoms with Crippen molar-refractivity contribution < 1.29 is 33.1 Å². The first-order valence-electron chi connectivity index (χ1n) is 15.4. The summed E-state index contributed by atoms with van der Waals surface area (Å²) < 4.78 is 23.5. The highest BCUT2D eigenvalue weighted by Crippen LogP contribution is 2.59. The number of methoxy groups -OCH3 is 1. The Bertz CT molecular complexity index is 1820. The number of fused-ring (bicyclic) bond motifs is 4. The van der Waals surface area contributed by atoms with Gasteiger partial charge in [0.25, 0.3) is 5.88 Å². The summed E-state index contributed by atoms with van der Waals surface area (Å²) >= 11 is 0. The lowest BCUT2D eigenvalue weighted by molar-refractivity contribution is -0.140. The summed E-state index contributed by atoms with van der Waals surface area (Å²) in [5.41, 5.74) is 1.40. The predicted octanol–water partition coefficient (Wildman–Crippen LogP) is 5.30. The first-order chi connectivity index (χ1) is 22.2. The molecule has 3 aliphatic rings. The van der Waals surface area contributed by atoms with Crippen molar-refractivity contribution in [3.05, 3.63) is 100 Å². The second kappa shape index (κ2) is 11.5. The van der Waals surface area contributed by atoms with Gasteiger partial charge in [-0.3, -0.25) is 19.3 Å². The van der Waals surface area contributed by atoms with Crippen molar-refractivity contribution >= 4 is 17.3 Å². The minimum Gasteiger partial charge on any atom is -0.487 e. The standard InChI is InChI=1S/C36H35N3O7/c1-36-24(29(39(2)3)31-28(33(36)42)35(38-46-31)45-19-21-13-9-6-10-14-21)16-22-15-23-27(30(40)26(22)32(36)41)25(17-37-34(23)43-4)44-18-20-11-7-5-8-12-20/h5-14,17,22,24,26,29H,15-16,18-19H2,1-4H3. The molecule has 5 unspecified atom stereocenters. The zero-order valence-corrected chi connectivity index (χ0v) is 26.2. The molecule has 0 aliphatic heterocycles. The Kier molecular flexibility index (Phi) is 7.47. The molecular weight excluding hydrogens is 586 g/mol. The van der Waals surface area contributed by atoms with Gasteiger partial charge >= 0.3 is 0 Å². The molecule has 0 amide bonds. The molecule has 3 aliphatic carbocycles. The second-order valence-electron chi connectivity index (χ2n) is 12.7. The zero-order chi connectivity index (χ0) is 32.2. The molecule has 2 aromatic heterocycles. The monoisotopic (exact) mass is 621 g/mol. The van der Waals surface area contributed by atoms with Crippen LogP contribution >= 0.6 is 0 Å². The summed E-state index contributed by atoms with van der Waals surface area (Å²) in [6, 6.07) is 18.7. The molecule has 4 aromatic rings. The van der Waals surface area contributed by atoms with E-state index in [-0.39, 0.29) is 36.4 Å². The van der Waals surface area contributed by atoms with Crippen molar-refractivity contribution in [2.45, 2.75) is 39.0 Å². The molecule has 7 rings (SSSR count). The van der Waals surface area contributed by atoms with E-state index in [2.05, 4.69) is 10.1 Å². The van der Waals surface area contributed by atoms with Gasteiger partial charge in [0.05, 0.1) is 36.2 Å². The highest BCUT2D eigenvalue weighted by Gasteiger charge is 2.65. The van der Waals surface area contributed by atoms with Gasteiger partial charge in [0.2, 0.25) is 5.88 Å². The van der Waals surface area contributed by atoms with Crippen LogP contribution in [0.2, 0.25) is 0 Å². The molecule has 2 aromatic carbocycles. The van der Waals surface area contributed by atoms with Gasteiger partial charge < -0.3 is 18.7 Å². The fourth-order valence-electron chi connectivity index (χ4n) is 7.65. The predicted molar refractivity (Wildman–Crippen MR) is 166 cm³/mol. The van der Waals surface area contributed by atoms with Crippen molar-refractivity contribution in [2.24, 2.45) is 23.2 Å². The summed E-state index contributed by atoms with van der Waals surface area (Å²) in [6.45, 7) is 2.07. The number of hydrogen-bond donors (Lipinski definition) is 0. The number of pyridine rings is 1. The average molecular weight is 622 g/mol. The Morgan fingerprint density at radius 2 is 1.57 bits per heavy atom. The summed E-state index contributed by atoms with van der Waals surface area (Å²) in [6.07, 6.45) is 2.29. The van der Waals surface area contributed by atoms with Crippen molar-refractivity contribution in [1.29, 1.82) is 0 Å². The molecule has 1 saturated carbocycles. The van der Waals surface area contributed by atoms with Gasteiger partial charge in [-0.1, -0.05) is 60.7 Å². The number of Topliss-reactive ketones (excluding diaryl/α,β-unsaturated/α-hetero) is 3. The number of nitrogens with zero attached hydrogens (tertiary/aromatic N) is 3. The van der Waals surface area contributed by atoms with Crippen LogP contribution in [0.15, 0.2) is 71.4 Å². The molecular formula is C36H35N3O7. The van der Waals surface area contributed by atoms with Gasteiger partial charge in [0, 0.05) is 11.5 Å². The van der Waals surface area contributed by atoms with Crippen molar-refractivity contribution in [3.63, 3.8) is 0 Å². The Labute approximate surface area is 266 Å². The summed E-state index contributed by atoms with van der Waals surface area (Å²) in [7, 11) is 5.29. The third kappa shape index (κ3) is 4.62. The molecule has 46 heavy (non-hydrogen) atoms. The second-order valence-corrected chi connectivity index (χ2v) is 12.7. The Balaban J connectivity index is 1.26. The van der Waals surface area contributed by atoms with Gasteiger partial charge in [-0.25, -0.2) is 4.98 Å². The van der Waals surface area contributed by atoms with Crippen LogP contribution in [0.4, 0.5) is 0 Å². The highest BCUT2D eigenvalue weighted by molar-refractivity contribution is 6.24. The largest absolute Gasteiger partial charge is 0.487 e. The van der Waals surface area contributed by atoms with E-state index < -0.39 is 34.9 Å². The Morgan fingerprint density at radius 3 is 2.20 bits per heavy atom. The third-order valence-electron chi connectivity index (χ3n) is 9.91. The van der Waals surface area contributed by atoms with Crippen LogP contribution in [0.3, 0.4) is 0 Å². The first-order valence-corrected chi connectivity index (χ1v) is 15.4. The van der Waals surface area contributed by atoms with Crippen molar-refractivity contribution in [3.8, 4) is 17.5 Å². The zero-order valence-electron chi connectivity index (χ0n) is 26.2. The van der Waals surface area contributed by atoms with E-state index in [1.807, 2.05) is 79.7 Å². The molecule has 2 heterocycles. The topological polar surface area (TPSA) is 121 Å². The smallest absolute Gasteiger partial charge is 0.265 e. The molecule has 0 spiro atoms. The lowest BCUT2D eigenvalue weighted by Gasteiger charge is -2.52. The van der Waals surface area contributed by atoms with Gasteiger partial charge in [-0.15, -0.1) is 0 Å². The average Bonchev–Trinajstić information content (AvgIpc) is 3.48. The van der Waals surface area contributed by atoms with Crippen LogP contribution in [-0.2, 0) is 24.4 Å². The van der Waals surface area contributed by atoms with Crippen LogP contribution in [-0.4, -0.2) is 53.6 Å². The minimum atomic E-state index is -1.51. The highest BCUT2D eigenvalue weighted by atomic mass is 16.5. The van der Waals surface area contributed by atoms with E-state index in [0.717, 1.165) is 11.1 Å². The van der Waals surface area contributed by atoms with Gasteiger partial charge in [0.15, 0.2) is 23.1 Å². The van der Waals surface area contributed by atoms with E-state index in [1.54, 1.807) is 6.92 Å². The van der Waals surface area contributed by atoms with Crippen molar-refractivity contribution in [1.82, 2.24) is 15.0 Å². The molecule has 1 fully saturated rings. The molecule has 0 N–H and O–H groups in total. The summed E-state index contributed by atoms with van der Waals surface area (Å²) in [5, 5.41) is 4.16. The van der Waals surface area contributed by atoms with E-state index in [4.69, 9.17) is 18.7 Å². The number of ketones is 3. The van der Waals surface area contributed by atoms with Gasteiger partial charge in [-0.2, -0.15) is 0 Å². The van der Waals surface area contributed by atoms with Crippen molar-refractivity contribution in [2.75, 3.05) is 21.2 Å². The van der Waals surface area contributed by atoms with Crippen LogP contribution in [0.25, 0.3) is 0 Å². The van der Waals surface area contributed by atoms with E-state index in [0.29, 0.717) is 41.4 Å². The molecule has 0 saturated heterocycles. The quantitative estimate of drug-likeness (QED) is 0.240. The summed E-state index contributed by atoms with van der Waals surface area (Å²) in [5.74, 6) is -1.98. The van der Waals surface area contributed by atoms with Gasteiger partial charge in [0.1, 0.15) is 24.5 Å². The Hall–Kier alpha value is -4.83. The maximum absolute atomic E-state index is 14.7. The third-order valence-corrected chi connectivity index (χ3v) is 9.91. The molecule has 5 atom stereocenters. The maximum Gasteiger partial charge on any atom is 0.265 e. The number of hydrogen-bond acceptors (Lipinski definition) is 10. The number of carbonyl (C=O) groups excluding carboxylic acids is 3. The normalized spacial score (nSPS) is 24.9. The molecule has 10 nitrogen and oxygen atoms in total. The molecule has 0 bridgehead atoms. The molecule has 10 heteroatoms. The van der Waals surface area contributed by atoms with Crippen LogP contribution in [0.5, 0.6) is 17.5 Å².